The Bertz CT molecular complexity index is 1130. The fraction of sp³-hybridized carbons (Fsp3) is 0.429. The number of amides is 1. The van der Waals surface area contributed by atoms with Crippen LogP contribution in [0.25, 0.3) is 5.76 Å². The van der Waals surface area contributed by atoms with Gasteiger partial charge in [0.15, 0.2) is 0 Å². The van der Waals surface area contributed by atoms with Crippen LogP contribution < -0.4 is 4.74 Å². The van der Waals surface area contributed by atoms with E-state index in [1.165, 1.54) is 0 Å². The summed E-state index contributed by atoms with van der Waals surface area (Å²) in [5.74, 6) is -0.425. The number of halogens is 1. The van der Waals surface area contributed by atoms with Crippen molar-refractivity contribution < 1.29 is 19.4 Å². The van der Waals surface area contributed by atoms with E-state index in [1.54, 1.807) is 24.1 Å². The maximum absolute atomic E-state index is 13.4. The minimum absolute atomic E-state index is 0.0284. The Hall–Kier alpha value is -2.79. The molecule has 2 aromatic carbocycles. The Labute approximate surface area is 206 Å². The van der Waals surface area contributed by atoms with Crippen LogP contribution in [-0.4, -0.2) is 34.8 Å². The summed E-state index contributed by atoms with van der Waals surface area (Å²) < 4.78 is 5.54. The van der Waals surface area contributed by atoms with Gasteiger partial charge in [-0.05, 0) is 66.6 Å². The summed E-state index contributed by atoms with van der Waals surface area (Å²) in [5.41, 5.74) is 3.16. The van der Waals surface area contributed by atoms with E-state index in [9.17, 15) is 14.7 Å². The minimum atomic E-state index is -0.649. The smallest absolute Gasteiger partial charge is 0.295 e. The molecule has 34 heavy (non-hydrogen) atoms. The zero-order valence-corrected chi connectivity index (χ0v) is 21.0. The number of carbonyl (C=O) groups excluding carboxylic acids is 2. The van der Waals surface area contributed by atoms with E-state index in [1.807, 2.05) is 45.0 Å². The highest BCUT2D eigenvalue weighted by molar-refractivity contribution is 6.46. The zero-order chi connectivity index (χ0) is 24.6. The highest BCUT2D eigenvalue weighted by Gasteiger charge is 2.49. The summed E-state index contributed by atoms with van der Waals surface area (Å²) in [7, 11) is 1.62. The topological polar surface area (TPSA) is 66.8 Å². The fourth-order valence-corrected chi connectivity index (χ4v) is 5.41. The van der Waals surface area contributed by atoms with Crippen molar-refractivity contribution in [2.24, 2.45) is 0 Å². The molecular weight excluding hydrogens is 450 g/mol. The van der Waals surface area contributed by atoms with E-state index in [0.717, 1.165) is 54.5 Å². The van der Waals surface area contributed by atoms with Crippen molar-refractivity contribution in [2.75, 3.05) is 7.11 Å². The number of benzene rings is 2. The van der Waals surface area contributed by atoms with Crippen LogP contribution in [-0.2, 0) is 9.59 Å². The average molecular weight is 482 g/mol. The number of Topliss-reactive ketones (excluding diaryl/α,β-unsaturated/α-hetero) is 1. The highest BCUT2D eigenvalue weighted by Crippen LogP contribution is 2.44. The lowest BCUT2D eigenvalue weighted by Gasteiger charge is -2.35. The lowest BCUT2D eigenvalue weighted by atomic mass is 9.89. The first-order chi connectivity index (χ1) is 16.2. The lowest BCUT2D eigenvalue weighted by Crippen LogP contribution is -2.40. The maximum atomic E-state index is 13.4. The summed E-state index contributed by atoms with van der Waals surface area (Å²) >= 11 is 6.13. The minimum Gasteiger partial charge on any atom is -0.507 e. The van der Waals surface area contributed by atoms with Gasteiger partial charge in [-0.2, -0.15) is 0 Å². The standard InChI is InChI=1S/C28H32ClNO4/c1-16(2)21-15-22(17(3)14-23(21)34-4)26(31)24-25(18-10-12-19(29)13-11-18)30(28(33)27(24)32)20-8-6-5-7-9-20/h10-16,20,25,31H,5-9H2,1-4H3/b26-24+. The molecule has 6 heteroatoms. The van der Waals surface area contributed by atoms with Crippen molar-refractivity contribution in [3.05, 3.63) is 69.2 Å². The van der Waals surface area contributed by atoms with E-state index < -0.39 is 17.7 Å². The molecule has 180 valence electrons. The number of carbonyl (C=O) groups is 2. The number of ether oxygens (including phenoxy) is 1. The highest BCUT2D eigenvalue weighted by atomic mass is 35.5. The number of hydrogen-bond donors (Lipinski definition) is 1. The van der Waals surface area contributed by atoms with Gasteiger partial charge in [0.1, 0.15) is 11.5 Å². The summed E-state index contributed by atoms with van der Waals surface area (Å²) in [6.07, 6.45) is 4.90. The van der Waals surface area contributed by atoms with Crippen molar-refractivity contribution in [1.29, 1.82) is 0 Å². The molecule has 0 radical (unpaired) electrons. The molecule has 2 fully saturated rings. The summed E-state index contributed by atoms with van der Waals surface area (Å²) in [6.45, 7) is 5.97. The molecular formula is C28H32ClNO4. The second-order valence-corrected chi connectivity index (χ2v) is 10.0. The molecule has 1 saturated heterocycles. The van der Waals surface area contributed by atoms with Crippen LogP contribution in [0.5, 0.6) is 5.75 Å². The van der Waals surface area contributed by atoms with Crippen LogP contribution in [0.2, 0.25) is 5.02 Å². The van der Waals surface area contributed by atoms with Gasteiger partial charge < -0.3 is 14.7 Å². The van der Waals surface area contributed by atoms with Gasteiger partial charge in [0.05, 0.1) is 18.7 Å². The number of aliphatic hydroxyl groups excluding tert-OH is 1. The molecule has 2 aromatic rings. The van der Waals surface area contributed by atoms with E-state index in [-0.39, 0.29) is 23.3 Å². The monoisotopic (exact) mass is 481 g/mol. The molecule has 1 atom stereocenters. The van der Waals surface area contributed by atoms with Gasteiger partial charge in [-0.1, -0.05) is 56.8 Å². The van der Waals surface area contributed by atoms with Crippen molar-refractivity contribution in [3.63, 3.8) is 0 Å². The van der Waals surface area contributed by atoms with Gasteiger partial charge in [0, 0.05) is 16.6 Å². The third-order valence-corrected chi connectivity index (χ3v) is 7.34. The number of likely N-dealkylation sites (tertiary alicyclic amines) is 1. The molecule has 1 aliphatic carbocycles. The molecule has 1 amide bonds. The van der Waals surface area contributed by atoms with Crippen LogP contribution >= 0.6 is 11.6 Å². The first-order valence-corrected chi connectivity index (χ1v) is 12.4. The molecule has 1 heterocycles. The predicted molar refractivity (Wildman–Crippen MR) is 134 cm³/mol. The van der Waals surface area contributed by atoms with E-state index in [0.29, 0.717) is 10.6 Å². The van der Waals surface area contributed by atoms with Gasteiger partial charge >= 0.3 is 0 Å². The second-order valence-electron chi connectivity index (χ2n) is 9.61. The largest absolute Gasteiger partial charge is 0.507 e. The Balaban J connectivity index is 1.92. The summed E-state index contributed by atoms with van der Waals surface area (Å²) in [5, 5.41) is 12.1. The summed E-state index contributed by atoms with van der Waals surface area (Å²) in [4.78, 5) is 28.5. The normalized spacial score (nSPS) is 20.9. The lowest BCUT2D eigenvalue weighted by molar-refractivity contribution is -0.141. The molecule has 1 aliphatic heterocycles. The Morgan fingerprint density at radius 2 is 1.74 bits per heavy atom. The molecule has 4 rings (SSSR count). The predicted octanol–water partition coefficient (Wildman–Crippen LogP) is 6.53. The molecule has 0 spiro atoms. The van der Waals surface area contributed by atoms with E-state index in [4.69, 9.17) is 16.3 Å². The van der Waals surface area contributed by atoms with Crippen LogP contribution in [0.3, 0.4) is 0 Å². The molecule has 0 aromatic heterocycles. The first-order valence-electron chi connectivity index (χ1n) is 12.0. The first kappa shape index (κ1) is 24.3. The number of rotatable bonds is 5. The zero-order valence-electron chi connectivity index (χ0n) is 20.2. The number of nitrogens with zero attached hydrogens (tertiary/aromatic N) is 1. The molecule has 2 aliphatic rings. The Kier molecular flexibility index (Phi) is 7.04. The van der Waals surface area contributed by atoms with E-state index >= 15 is 0 Å². The van der Waals surface area contributed by atoms with Crippen LogP contribution in [0.1, 0.15) is 80.2 Å². The number of ketones is 1. The van der Waals surface area contributed by atoms with Crippen molar-refractivity contribution in [2.45, 2.75) is 70.9 Å². The third kappa shape index (κ3) is 4.34. The quantitative estimate of drug-likeness (QED) is 0.299. The van der Waals surface area contributed by atoms with Gasteiger partial charge in [0.2, 0.25) is 0 Å². The molecule has 5 nitrogen and oxygen atoms in total. The third-order valence-electron chi connectivity index (χ3n) is 7.09. The molecule has 1 saturated carbocycles. The second kappa shape index (κ2) is 9.83. The Morgan fingerprint density at radius 1 is 1.09 bits per heavy atom. The molecule has 0 bridgehead atoms. The van der Waals surface area contributed by atoms with Crippen LogP contribution in [0.15, 0.2) is 42.0 Å². The van der Waals surface area contributed by atoms with Gasteiger partial charge in [0.25, 0.3) is 11.7 Å². The van der Waals surface area contributed by atoms with Gasteiger partial charge in [-0.15, -0.1) is 0 Å². The maximum Gasteiger partial charge on any atom is 0.295 e. The number of aryl methyl sites for hydroxylation is 1. The number of aliphatic hydroxyl groups is 1. The number of hydrogen-bond acceptors (Lipinski definition) is 4. The van der Waals surface area contributed by atoms with Gasteiger partial charge in [-0.25, -0.2) is 0 Å². The van der Waals surface area contributed by atoms with Crippen molar-refractivity contribution in [1.82, 2.24) is 4.90 Å². The average Bonchev–Trinajstić information content (AvgIpc) is 3.09. The number of methoxy groups -OCH3 is 1. The van der Waals surface area contributed by atoms with Gasteiger partial charge in [-0.3, -0.25) is 9.59 Å². The summed E-state index contributed by atoms with van der Waals surface area (Å²) in [6, 6.07) is 10.3. The molecule has 1 unspecified atom stereocenters. The Morgan fingerprint density at radius 3 is 2.32 bits per heavy atom. The fourth-order valence-electron chi connectivity index (χ4n) is 5.28. The van der Waals surface area contributed by atoms with Crippen molar-refractivity contribution in [3.8, 4) is 5.75 Å². The SMILES string of the molecule is COc1cc(C)c(/C(O)=C2\C(=O)C(=O)N(C3CCCCC3)C2c2ccc(Cl)cc2)cc1C(C)C. The van der Waals surface area contributed by atoms with Crippen LogP contribution in [0.4, 0.5) is 0 Å². The van der Waals surface area contributed by atoms with E-state index in [2.05, 4.69) is 0 Å². The van der Waals surface area contributed by atoms with Crippen molar-refractivity contribution >= 4 is 29.1 Å². The molecule has 1 N–H and O–H groups in total. The van der Waals surface area contributed by atoms with Crippen LogP contribution in [0, 0.1) is 6.92 Å².